The van der Waals surface area contributed by atoms with Crippen molar-refractivity contribution in [3.8, 4) is 0 Å². The standard InChI is InChI=1S/C22H16FN3/c23-16-10-11-20-17(14-16)21-22(25-19-9-5-4-8-18(19)24-21)26(20)13-12-15-6-2-1-3-7-15/h1-11,14H,12-13H2. The number of aryl methyl sites for hydroxylation is 2. The normalized spacial score (nSPS) is 11.6. The Bertz CT molecular complexity index is 1240. The fourth-order valence-corrected chi connectivity index (χ4v) is 3.52. The second-order valence-electron chi connectivity index (χ2n) is 6.43. The Hall–Kier alpha value is -3.27. The molecule has 3 nitrogen and oxygen atoms in total. The quantitative estimate of drug-likeness (QED) is 0.456. The smallest absolute Gasteiger partial charge is 0.160 e. The summed E-state index contributed by atoms with van der Waals surface area (Å²) in [6.45, 7) is 0.767. The van der Waals surface area contributed by atoms with E-state index in [1.54, 1.807) is 6.07 Å². The van der Waals surface area contributed by atoms with Crippen LogP contribution in [0.1, 0.15) is 5.56 Å². The van der Waals surface area contributed by atoms with Gasteiger partial charge >= 0.3 is 0 Å². The average Bonchev–Trinajstić information content (AvgIpc) is 2.97. The van der Waals surface area contributed by atoms with Gasteiger partial charge in [0.2, 0.25) is 0 Å². The molecule has 2 aromatic heterocycles. The minimum Gasteiger partial charge on any atom is -0.324 e. The Kier molecular flexibility index (Phi) is 3.42. The molecule has 5 rings (SSSR count). The number of fused-ring (bicyclic) bond motifs is 4. The molecule has 0 amide bonds. The van der Waals surface area contributed by atoms with Crippen LogP contribution in [-0.4, -0.2) is 14.5 Å². The second-order valence-corrected chi connectivity index (χ2v) is 6.43. The number of benzene rings is 3. The Balaban J connectivity index is 1.74. The highest BCUT2D eigenvalue weighted by atomic mass is 19.1. The van der Waals surface area contributed by atoms with Crippen LogP contribution in [0.5, 0.6) is 0 Å². The average molecular weight is 341 g/mol. The predicted octanol–water partition coefficient (Wildman–Crippen LogP) is 5.12. The number of aromatic nitrogens is 3. The maximum Gasteiger partial charge on any atom is 0.160 e. The van der Waals surface area contributed by atoms with E-state index in [1.807, 2.05) is 48.5 Å². The van der Waals surface area contributed by atoms with E-state index in [0.717, 1.165) is 46.1 Å². The van der Waals surface area contributed by atoms with Crippen molar-refractivity contribution in [1.82, 2.24) is 14.5 Å². The summed E-state index contributed by atoms with van der Waals surface area (Å²) < 4.78 is 16.0. The maximum absolute atomic E-state index is 13.9. The van der Waals surface area contributed by atoms with Gasteiger partial charge in [-0.25, -0.2) is 14.4 Å². The molecule has 5 aromatic rings. The van der Waals surface area contributed by atoms with Crippen molar-refractivity contribution >= 4 is 33.1 Å². The van der Waals surface area contributed by atoms with Crippen LogP contribution in [0.3, 0.4) is 0 Å². The van der Waals surface area contributed by atoms with E-state index in [2.05, 4.69) is 16.7 Å². The molecule has 0 spiro atoms. The Labute approximate surface area is 149 Å². The molecule has 2 heterocycles. The summed E-state index contributed by atoms with van der Waals surface area (Å²) >= 11 is 0. The minimum atomic E-state index is -0.255. The number of halogens is 1. The molecule has 0 aliphatic rings. The van der Waals surface area contributed by atoms with Crippen molar-refractivity contribution in [2.75, 3.05) is 0 Å². The molecule has 0 radical (unpaired) electrons. The van der Waals surface area contributed by atoms with E-state index < -0.39 is 0 Å². The third-order valence-electron chi connectivity index (χ3n) is 4.78. The minimum absolute atomic E-state index is 0.255. The van der Waals surface area contributed by atoms with Gasteiger partial charge in [-0.1, -0.05) is 42.5 Å². The lowest BCUT2D eigenvalue weighted by atomic mass is 10.1. The molecule has 0 fully saturated rings. The molecule has 3 aromatic carbocycles. The summed E-state index contributed by atoms with van der Waals surface area (Å²) in [5.41, 5.74) is 5.47. The molecule has 0 N–H and O–H groups in total. The lowest BCUT2D eigenvalue weighted by Gasteiger charge is -2.07. The Morgan fingerprint density at radius 1 is 0.808 bits per heavy atom. The summed E-state index contributed by atoms with van der Waals surface area (Å²) in [5, 5.41) is 0.811. The number of hydrogen-bond acceptors (Lipinski definition) is 2. The summed E-state index contributed by atoms with van der Waals surface area (Å²) in [6, 6.07) is 23.0. The van der Waals surface area contributed by atoms with Crippen LogP contribution in [0.25, 0.3) is 33.1 Å². The van der Waals surface area contributed by atoms with Crippen LogP contribution in [0.4, 0.5) is 4.39 Å². The molecule has 0 unspecified atom stereocenters. The van der Waals surface area contributed by atoms with Gasteiger partial charge in [0.15, 0.2) is 5.65 Å². The van der Waals surface area contributed by atoms with E-state index in [4.69, 9.17) is 9.97 Å². The van der Waals surface area contributed by atoms with Crippen LogP contribution in [0.15, 0.2) is 72.8 Å². The zero-order valence-corrected chi connectivity index (χ0v) is 14.1. The molecule has 0 saturated heterocycles. The first kappa shape index (κ1) is 15.0. The lowest BCUT2D eigenvalue weighted by molar-refractivity contribution is 0.629. The predicted molar refractivity (Wildman–Crippen MR) is 103 cm³/mol. The first-order valence-electron chi connectivity index (χ1n) is 8.68. The van der Waals surface area contributed by atoms with E-state index in [-0.39, 0.29) is 5.82 Å². The van der Waals surface area contributed by atoms with Crippen molar-refractivity contribution in [3.05, 3.63) is 84.2 Å². The van der Waals surface area contributed by atoms with E-state index in [0.29, 0.717) is 0 Å². The van der Waals surface area contributed by atoms with Gasteiger partial charge in [0.1, 0.15) is 11.3 Å². The molecular weight excluding hydrogens is 325 g/mol. The summed E-state index contributed by atoms with van der Waals surface area (Å²) in [4.78, 5) is 9.61. The van der Waals surface area contributed by atoms with Gasteiger partial charge in [-0.3, -0.25) is 0 Å². The van der Waals surface area contributed by atoms with Crippen molar-refractivity contribution in [1.29, 1.82) is 0 Å². The largest absolute Gasteiger partial charge is 0.324 e. The van der Waals surface area contributed by atoms with E-state index in [1.165, 1.54) is 11.6 Å². The summed E-state index contributed by atoms with van der Waals surface area (Å²) in [5.74, 6) is -0.255. The van der Waals surface area contributed by atoms with E-state index >= 15 is 0 Å². The number of nitrogens with zero attached hydrogens (tertiary/aromatic N) is 3. The Morgan fingerprint density at radius 2 is 1.54 bits per heavy atom. The highest BCUT2D eigenvalue weighted by molar-refractivity contribution is 6.06. The molecule has 0 bridgehead atoms. The third-order valence-corrected chi connectivity index (χ3v) is 4.78. The van der Waals surface area contributed by atoms with Crippen molar-refractivity contribution in [2.45, 2.75) is 13.0 Å². The van der Waals surface area contributed by atoms with Crippen LogP contribution in [0, 0.1) is 5.82 Å². The van der Waals surface area contributed by atoms with Gasteiger partial charge < -0.3 is 4.57 Å². The molecule has 0 aliphatic carbocycles. The van der Waals surface area contributed by atoms with Crippen LogP contribution in [-0.2, 0) is 13.0 Å². The van der Waals surface area contributed by atoms with Gasteiger partial charge in [0, 0.05) is 11.9 Å². The molecule has 0 aliphatic heterocycles. The first-order valence-corrected chi connectivity index (χ1v) is 8.68. The van der Waals surface area contributed by atoms with Gasteiger partial charge in [0.05, 0.1) is 16.6 Å². The molecule has 4 heteroatoms. The van der Waals surface area contributed by atoms with Crippen molar-refractivity contribution in [2.24, 2.45) is 0 Å². The number of para-hydroxylation sites is 2. The topological polar surface area (TPSA) is 30.7 Å². The molecule has 0 saturated carbocycles. The van der Waals surface area contributed by atoms with Gasteiger partial charge in [-0.15, -0.1) is 0 Å². The van der Waals surface area contributed by atoms with Gasteiger partial charge in [-0.05, 0) is 42.3 Å². The first-order chi connectivity index (χ1) is 12.8. The highest BCUT2D eigenvalue weighted by Gasteiger charge is 2.15. The molecule has 126 valence electrons. The molecular formula is C22H16FN3. The molecule has 0 atom stereocenters. The highest BCUT2D eigenvalue weighted by Crippen LogP contribution is 2.29. The number of rotatable bonds is 3. The fourth-order valence-electron chi connectivity index (χ4n) is 3.52. The van der Waals surface area contributed by atoms with Gasteiger partial charge in [0.25, 0.3) is 0 Å². The number of hydrogen-bond donors (Lipinski definition) is 0. The zero-order valence-electron chi connectivity index (χ0n) is 14.1. The van der Waals surface area contributed by atoms with Gasteiger partial charge in [-0.2, -0.15) is 0 Å². The fraction of sp³-hybridized carbons (Fsp3) is 0.0909. The SMILES string of the molecule is Fc1ccc2c(c1)c1nc3ccccc3nc1n2CCc1ccccc1. The van der Waals surface area contributed by atoms with Crippen molar-refractivity contribution < 1.29 is 4.39 Å². The van der Waals surface area contributed by atoms with E-state index in [9.17, 15) is 4.39 Å². The maximum atomic E-state index is 13.9. The zero-order chi connectivity index (χ0) is 17.5. The molecule has 26 heavy (non-hydrogen) atoms. The third kappa shape index (κ3) is 2.42. The van der Waals surface area contributed by atoms with Crippen LogP contribution < -0.4 is 0 Å². The lowest BCUT2D eigenvalue weighted by Crippen LogP contribution is -2.02. The monoisotopic (exact) mass is 341 g/mol. The van der Waals surface area contributed by atoms with Crippen LogP contribution >= 0.6 is 0 Å². The van der Waals surface area contributed by atoms with Crippen LogP contribution in [0.2, 0.25) is 0 Å². The van der Waals surface area contributed by atoms with Crippen molar-refractivity contribution in [3.63, 3.8) is 0 Å². The summed E-state index contributed by atoms with van der Waals surface area (Å²) in [7, 11) is 0. The second kappa shape index (κ2) is 5.92. The summed E-state index contributed by atoms with van der Waals surface area (Å²) in [6.07, 6.45) is 0.881. The Morgan fingerprint density at radius 3 is 2.35 bits per heavy atom.